The maximum Gasteiger partial charge on any atom is 0.247 e. The lowest BCUT2D eigenvalue weighted by atomic mass is 9.89. The third kappa shape index (κ3) is 2.37. The number of hydrogen-bond acceptors (Lipinski definition) is 3. The van der Waals surface area contributed by atoms with Gasteiger partial charge in [0, 0.05) is 20.3 Å². The van der Waals surface area contributed by atoms with Gasteiger partial charge in [0.15, 0.2) is 0 Å². The fourth-order valence-corrected chi connectivity index (χ4v) is 2.12. The third-order valence-electron chi connectivity index (χ3n) is 3.33. The average molecular weight is 252 g/mol. The van der Waals surface area contributed by atoms with Gasteiger partial charge >= 0.3 is 0 Å². The number of amides is 1. The molecule has 2 N–H and O–H groups in total. The fourth-order valence-electron chi connectivity index (χ4n) is 2.12. The summed E-state index contributed by atoms with van der Waals surface area (Å²) in [6.45, 7) is 0.931. The van der Waals surface area contributed by atoms with Crippen molar-refractivity contribution in [1.82, 2.24) is 0 Å². The summed E-state index contributed by atoms with van der Waals surface area (Å²) in [5.41, 5.74) is 5.40. The van der Waals surface area contributed by atoms with E-state index in [1.165, 1.54) is 11.0 Å². The second-order valence-corrected chi connectivity index (χ2v) is 4.58. The van der Waals surface area contributed by atoms with Crippen LogP contribution >= 0.6 is 0 Å². The minimum atomic E-state index is -0.949. The lowest BCUT2D eigenvalue weighted by Crippen LogP contribution is -2.57. The van der Waals surface area contributed by atoms with E-state index in [-0.39, 0.29) is 11.6 Å². The second-order valence-electron chi connectivity index (χ2n) is 4.58. The minimum absolute atomic E-state index is 0.249. The largest absolute Gasteiger partial charge is 0.381 e. The molecule has 98 valence electrons. The lowest BCUT2D eigenvalue weighted by Gasteiger charge is -2.35. The molecule has 0 atom stereocenters. The quantitative estimate of drug-likeness (QED) is 0.863. The molecule has 0 bridgehead atoms. The van der Waals surface area contributed by atoms with Crippen molar-refractivity contribution in [1.29, 1.82) is 0 Å². The van der Waals surface area contributed by atoms with Crippen molar-refractivity contribution in [3.63, 3.8) is 0 Å². The van der Waals surface area contributed by atoms with Crippen LogP contribution < -0.4 is 10.6 Å². The van der Waals surface area contributed by atoms with Gasteiger partial charge in [-0.2, -0.15) is 0 Å². The van der Waals surface area contributed by atoms with Gasteiger partial charge in [0.25, 0.3) is 0 Å². The number of para-hydroxylation sites is 1. The number of likely N-dealkylation sites (N-methyl/N-ethyl adjacent to an activating group) is 1. The van der Waals surface area contributed by atoms with Crippen LogP contribution in [0.3, 0.4) is 0 Å². The van der Waals surface area contributed by atoms with Crippen LogP contribution in [0.15, 0.2) is 24.3 Å². The molecule has 0 unspecified atom stereocenters. The molecule has 2 rings (SSSR count). The number of rotatable bonds is 2. The van der Waals surface area contributed by atoms with Crippen molar-refractivity contribution < 1.29 is 13.9 Å². The highest BCUT2D eigenvalue weighted by atomic mass is 19.1. The Hall–Kier alpha value is -1.46. The minimum Gasteiger partial charge on any atom is -0.381 e. The van der Waals surface area contributed by atoms with Gasteiger partial charge in [-0.05, 0) is 25.0 Å². The predicted molar refractivity (Wildman–Crippen MR) is 66.8 cm³/mol. The van der Waals surface area contributed by atoms with Crippen molar-refractivity contribution in [3.05, 3.63) is 30.1 Å². The van der Waals surface area contributed by atoms with Crippen LogP contribution in [0.25, 0.3) is 0 Å². The van der Waals surface area contributed by atoms with Gasteiger partial charge in [-0.15, -0.1) is 0 Å². The first-order chi connectivity index (χ1) is 8.54. The van der Waals surface area contributed by atoms with Gasteiger partial charge < -0.3 is 15.4 Å². The van der Waals surface area contributed by atoms with Gasteiger partial charge in [0.05, 0.1) is 5.69 Å². The zero-order valence-electron chi connectivity index (χ0n) is 10.4. The van der Waals surface area contributed by atoms with Crippen molar-refractivity contribution in [3.8, 4) is 0 Å². The van der Waals surface area contributed by atoms with Gasteiger partial charge in [-0.25, -0.2) is 4.39 Å². The molecule has 0 aliphatic carbocycles. The van der Waals surface area contributed by atoms with Crippen molar-refractivity contribution in [2.75, 3.05) is 25.2 Å². The Morgan fingerprint density at radius 1 is 1.39 bits per heavy atom. The molecule has 1 amide bonds. The maximum absolute atomic E-state index is 13.6. The molecule has 5 heteroatoms. The van der Waals surface area contributed by atoms with Crippen LogP contribution in [0.4, 0.5) is 10.1 Å². The number of carbonyl (C=O) groups excluding carboxylic acids is 1. The molecule has 1 heterocycles. The normalized spacial score (nSPS) is 18.4. The highest BCUT2D eigenvalue weighted by Gasteiger charge is 2.38. The summed E-state index contributed by atoms with van der Waals surface area (Å²) in [4.78, 5) is 13.6. The van der Waals surface area contributed by atoms with Crippen LogP contribution in [0.1, 0.15) is 12.8 Å². The summed E-state index contributed by atoms with van der Waals surface area (Å²) >= 11 is 0. The monoisotopic (exact) mass is 252 g/mol. The molecule has 1 saturated heterocycles. The fraction of sp³-hybridized carbons (Fsp3) is 0.462. The van der Waals surface area contributed by atoms with Gasteiger partial charge in [0.1, 0.15) is 11.4 Å². The average Bonchev–Trinajstić information content (AvgIpc) is 2.38. The lowest BCUT2D eigenvalue weighted by molar-refractivity contribution is -0.126. The molecule has 1 aliphatic rings. The maximum atomic E-state index is 13.6. The Labute approximate surface area is 106 Å². The number of carbonyl (C=O) groups is 1. The first kappa shape index (κ1) is 13.0. The van der Waals surface area contributed by atoms with Crippen molar-refractivity contribution in [2.24, 2.45) is 5.73 Å². The highest BCUT2D eigenvalue weighted by Crippen LogP contribution is 2.24. The van der Waals surface area contributed by atoms with Crippen LogP contribution in [-0.4, -0.2) is 31.7 Å². The van der Waals surface area contributed by atoms with E-state index in [1.807, 2.05) is 0 Å². The predicted octanol–water partition coefficient (Wildman–Crippen LogP) is 1.30. The summed E-state index contributed by atoms with van der Waals surface area (Å²) in [6.07, 6.45) is 0.926. The molecular weight excluding hydrogens is 235 g/mol. The Morgan fingerprint density at radius 3 is 2.61 bits per heavy atom. The SMILES string of the molecule is CN(C(=O)C1(N)CCOCC1)c1ccccc1F. The summed E-state index contributed by atoms with van der Waals surface area (Å²) in [5, 5.41) is 0. The Bertz CT molecular complexity index is 444. The Balaban J connectivity index is 2.21. The number of anilines is 1. The first-order valence-corrected chi connectivity index (χ1v) is 5.94. The molecule has 0 saturated carbocycles. The smallest absolute Gasteiger partial charge is 0.247 e. The van der Waals surface area contributed by atoms with E-state index in [4.69, 9.17) is 10.5 Å². The molecule has 1 fully saturated rings. The van der Waals surface area contributed by atoms with Crippen molar-refractivity contribution in [2.45, 2.75) is 18.4 Å². The first-order valence-electron chi connectivity index (χ1n) is 5.94. The number of halogens is 1. The number of nitrogens with zero attached hydrogens (tertiary/aromatic N) is 1. The zero-order chi connectivity index (χ0) is 13.2. The van der Waals surface area contributed by atoms with Crippen LogP contribution in [-0.2, 0) is 9.53 Å². The molecular formula is C13H17FN2O2. The third-order valence-corrected chi connectivity index (χ3v) is 3.33. The molecule has 0 aromatic heterocycles. The number of ether oxygens (including phenoxy) is 1. The van der Waals surface area contributed by atoms with Gasteiger partial charge in [-0.3, -0.25) is 4.79 Å². The van der Waals surface area contributed by atoms with E-state index in [0.717, 1.165) is 0 Å². The number of benzene rings is 1. The molecule has 1 aromatic carbocycles. The second kappa shape index (κ2) is 5.04. The van der Waals surface area contributed by atoms with Crippen LogP contribution in [0.5, 0.6) is 0 Å². The molecule has 18 heavy (non-hydrogen) atoms. The topological polar surface area (TPSA) is 55.6 Å². The summed E-state index contributed by atoms with van der Waals surface area (Å²) in [6, 6.07) is 6.17. The molecule has 1 aliphatic heterocycles. The highest BCUT2D eigenvalue weighted by molar-refractivity contribution is 5.99. The van der Waals surface area contributed by atoms with E-state index in [9.17, 15) is 9.18 Å². The summed E-state index contributed by atoms with van der Waals surface area (Å²) < 4.78 is 18.8. The molecule has 4 nitrogen and oxygen atoms in total. The van der Waals surface area contributed by atoms with Gasteiger partial charge in [0.2, 0.25) is 5.91 Å². The molecule has 0 radical (unpaired) electrons. The van der Waals surface area contributed by atoms with E-state index in [1.54, 1.807) is 25.2 Å². The molecule has 1 aromatic rings. The zero-order valence-corrected chi connectivity index (χ0v) is 10.4. The Kier molecular flexibility index (Phi) is 3.63. The van der Waals surface area contributed by atoms with E-state index < -0.39 is 11.4 Å². The number of hydrogen-bond donors (Lipinski definition) is 1. The summed E-state index contributed by atoms with van der Waals surface area (Å²) in [5.74, 6) is -0.695. The standard InChI is InChI=1S/C13H17FN2O2/c1-16(11-5-3-2-4-10(11)14)12(17)13(15)6-8-18-9-7-13/h2-5H,6-9,15H2,1H3. The summed E-state index contributed by atoms with van der Waals surface area (Å²) in [7, 11) is 1.55. The van der Waals surface area contributed by atoms with Crippen LogP contribution in [0, 0.1) is 5.82 Å². The van der Waals surface area contributed by atoms with E-state index >= 15 is 0 Å². The van der Waals surface area contributed by atoms with Crippen LogP contribution in [0.2, 0.25) is 0 Å². The van der Waals surface area contributed by atoms with E-state index in [2.05, 4.69) is 0 Å². The Morgan fingerprint density at radius 2 is 2.00 bits per heavy atom. The van der Waals surface area contributed by atoms with Gasteiger partial charge in [-0.1, -0.05) is 12.1 Å². The number of nitrogens with two attached hydrogens (primary N) is 1. The molecule has 0 spiro atoms. The van der Waals surface area contributed by atoms with Crippen molar-refractivity contribution >= 4 is 11.6 Å². The van der Waals surface area contributed by atoms with E-state index in [0.29, 0.717) is 26.1 Å².